The third kappa shape index (κ3) is 3.78. The minimum atomic E-state index is 0. The lowest BCUT2D eigenvalue weighted by molar-refractivity contribution is 0.199. The Labute approximate surface area is 104 Å². The van der Waals surface area contributed by atoms with Crippen LogP contribution in [0.25, 0.3) is 0 Å². The maximum Gasteiger partial charge on any atom is 0.0235 e. The molecule has 0 spiro atoms. The molecule has 1 aromatic rings. The van der Waals surface area contributed by atoms with E-state index >= 15 is 0 Å². The van der Waals surface area contributed by atoms with Crippen LogP contribution in [0.5, 0.6) is 0 Å². The van der Waals surface area contributed by atoms with Crippen LogP contribution in [0.15, 0.2) is 24.3 Å². The van der Waals surface area contributed by atoms with E-state index in [2.05, 4.69) is 48.3 Å². The van der Waals surface area contributed by atoms with Crippen LogP contribution < -0.4 is 5.32 Å². The van der Waals surface area contributed by atoms with E-state index in [1.165, 1.54) is 11.1 Å². The van der Waals surface area contributed by atoms with Crippen molar-refractivity contribution in [1.29, 1.82) is 0 Å². The van der Waals surface area contributed by atoms with Crippen LogP contribution >= 0.6 is 12.4 Å². The van der Waals surface area contributed by atoms with E-state index in [4.69, 9.17) is 0 Å². The summed E-state index contributed by atoms with van der Waals surface area (Å²) >= 11 is 0. The van der Waals surface area contributed by atoms with Crippen LogP contribution in [0.2, 0.25) is 0 Å². The van der Waals surface area contributed by atoms with E-state index in [1.54, 1.807) is 0 Å². The lowest BCUT2D eigenvalue weighted by Gasteiger charge is -2.31. The van der Waals surface area contributed by atoms with Crippen molar-refractivity contribution in [1.82, 2.24) is 10.2 Å². The molecule has 0 aromatic heterocycles. The molecule has 1 heterocycles. The van der Waals surface area contributed by atoms with Crippen molar-refractivity contribution in [3.05, 3.63) is 35.4 Å². The molecule has 0 radical (unpaired) electrons. The summed E-state index contributed by atoms with van der Waals surface area (Å²) in [6.45, 7) is 8.94. The first-order valence-electron chi connectivity index (χ1n) is 5.75. The Kier molecular flexibility index (Phi) is 5.26. The number of hydrogen-bond acceptors (Lipinski definition) is 2. The summed E-state index contributed by atoms with van der Waals surface area (Å²) in [5, 5.41) is 3.47. The molecule has 90 valence electrons. The summed E-state index contributed by atoms with van der Waals surface area (Å²) in [5.41, 5.74) is 2.79. The molecule has 1 unspecified atom stereocenters. The van der Waals surface area contributed by atoms with E-state index in [1.807, 2.05) is 0 Å². The van der Waals surface area contributed by atoms with Gasteiger partial charge in [0.05, 0.1) is 0 Å². The molecule has 0 bridgehead atoms. The number of hydrogen-bond donors (Lipinski definition) is 1. The summed E-state index contributed by atoms with van der Waals surface area (Å²) in [6, 6.07) is 9.44. The minimum absolute atomic E-state index is 0. The number of piperazine rings is 1. The third-order valence-electron chi connectivity index (χ3n) is 2.94. The van der Waals surface area contributed by atoms with Gasteiger partial charge in [-0.05, 0) is 19.4 Å². The molecule has 1 saturated heterocycles. The highest BCUT2D eigenvalue weighted by atomic mass is 35.5. The Morgan fingerprint density at radius 1 is 1.44 bits per heavy atom. The molecule has 0 aliphatic carbocycles. The highest BCUT2D eigenvalue weighted by Gasteiger charge is 2.15. The van der Waals surface area contributed by atoms with E-state index in [0.29, 0.717) is 6.04 Å². The highest BCUT2D eigenvalue weighted by Crippen LogP contribution is 2.09. The fourth-order valence-corrected chi connectivity index (χ4v) is 2.22. The summed E-state index contributed by atoms with van der Waals surface area (Å²) in [7, 11) is 0. The molecule has 1 fully saturated rings. The van der Waals surface area contributed by atoms with Crippen LogP contribution in [0, 0.1) is 6.92 Å². The highest BCUT2D eigenvalue weighted by molar-refractivity contribution is 5.85. The number of halogens is 1. The molecule has 1 N–H and O–H groups in total. The van der Waals surface area contributed by atoms with Crippen molar-refractivity contribution in [2.24, 2.45) is 0 Å². The lowest BCUT2D eigenvalue weighted by atomic mass is 10.1. The summed E-state index contributed by atoms with van der Waals surface area (Å²) < 4.78 is 0. The zero-order valence-electron chi connectivity index (χ0n) is 10.1. The lowest BCUT2D eigenvalue weighted by Crippen LogP contribution is -2.48. The van der Waals surface area contributed by atoms with Crippen molar-refractivity contribution in [2.75, 3.05) is 19.6 Å². The second-order valence-electron chi connectivity index (χ2n) is 4.58. The van der Waals surface area contributed by atoms with Gasteiger partial charge in [0.15, 0.2) is 0 Å². The molecular weight excluding hydrogens is 220 g/mol. The number of benzene rings is 1. The zero-order chi connectivity index (χ0) is 10.7. The zero-order valence-corrected chi connectivity index (χ0v) is 10.9. The van der Waals surface area contributed by atoms with Gasteiger partial charge in [0.25, 0.3) is 0 Å². The first kappa shape index (κ1) is 13.5. The van der Waals surface area contributed by atoms with Gasteiger partial charge in [-0.15, -0.1) is 12.4 Å². The third-order valence-corrected chi connectivity index (χ3v) is 2.94. The van der Waals surface area contributed by atoms with E-state index in [9.17, 15) is 0 Å². The molecule has 2 nitrogen and oxygen atoms in total. The van der Waals surface area contributed by atoms with Crippen molar-refractivity contribution in [3.8, 4) is 0 Å². The largest absolute Gasteiger partial charge is 0.312 e. The standard InChI is InChI=1S/C13H20N2.ClH/c1-11-4-3-5-13(8-11)10-15-7-6-14-12(2)9-15;/h3-5,8,12,14H,6-7,9-10H2,1-2H3;1H. The van der Waals surface area contributed by atoms with Crippen molar-refractivity contribution >= 4 is 12.4 Å². The Balaban J connectivity index is 0.00000128. The van der Waals surface area contributed by atoms with Gasteiger partial charge >= 0.3 is 0 Å². The van der Waals surface area contributed by atoms with Gasteiger partial charge in [-0.3, -0.25) is 4.90 Å². The van der Waals surface area contributed by atoms with E-state index in [0.717, 1.165) is 26.2 Å². The second-order valence-corrected chi connectivity index (χ2v) is 4.58. The first-order valence-corrected chi connectivity index (χ1v) is 5.75. The topological polar surface area (TPSA) is 15.3 Å². The van der Waals surface area contributed by atoms with Crippen LogP contribution in [-0.4, -0.2) is 30.6 Å². The molecule has 1 aliphatic heterocycles. The summed E-state index contributed by atoms with van der Waals surface area (Å²) in [6.07, 6.45) is 0. The average molecular weight is 241 g/mol. The van der Waals surface area contributed by atoms with Crippen molar-refractivity contribution in [3.63, 3.8) is 0 Å². The Bertz CT molecular complexity index is 327. The number of rotatable bonds is 2. The number of nitrogens with zero attached hydrogens (tertiary/aromatic N) is 1. The molecule has 3 heteroatoms. The predicted octanol–water partition coefficient (Wildman–Crippen LogP) is 2.21. The number of aryl methyl sites for hydroxylation is 1. The van der Waals surface area contributed by atoms with Crippen LogP contribution in [0.4, 0.5) is 0 Å². The molecule has 1 atom stereocenters. The predicted molar refractivity (Wildman–Crippen MR) is 71.2 cm³/mol. The van der Waals surface area contributed by atoms with Gasteiger partial charge in [0.1, 0.15) is 0 Å². The average Bonchev–Trinajstić information content (AvgIpc) is 2.17. The van der Waals surface area contributed by atoms with E-state index in [-0.39, 0.29) is 12.4 Å². The Hall–Kier alpha value is -0.570. The minimum Gasteiger partial charge on any atom is -0.312 e. The van der Waals surface area contributed by atoms with Gasteiger partial charge in [-0.25, -0.2) is 0 Å². The summed E-state index contributed by atoms with van der Waals surface area (Å²) in [4.78, 5) is 2.52. The molecular formula is C13H21ClN2. The summed E-state index contributed by atoms with van der Waals surface area (Å²) in [5.74, 6) is 0. The second kappa shape index (κ2) is 6.24. The Morgan fingerprint density at radius 3 is 2.94 bits per heavy atom. The fourth-order valence-electron chi connectivity index (χ4n) is 2.22. The maximum atomic E-state index is 3.47. The van der Waals surface area contributed by atoms with Gasteiger partial charge in [-0.1, -0.05) is 29.8 Å². The molecule has 0 saturated carbocycles. The molecule has 1 aromatic carbocycles. The number of nitrogens with one attached hydrogen (secondary N) is 1. The smallest absolute Gasteiger partial charge is 0.0235 e. The van der Waals surface area contributed by atoms with Gasteiger partial charge in [-0.2, -0.15) is 0 Å². The molecule has 2 rings (SSSR count). The SMILES string of the molecule is Cc1cccc(CN2CCNC(C)C2)c1.Cl. The fraction of sp³-hybridized carbons (Fsp3) is 0.538. The monoisotopic (exact) mass is 240 g/mol. The molecule has 0 amide bonds. The van der Waals surface area contributed by atoms with Crippen molar-refractivity contribution in [2.45, 2.75) is 26.4 Å². The van der Waals surface area contributed by atoms with Gasteiger partial charge < -0.3 is 5.32 Å². The molecule has 16 heavy (non-hydrogen) atoms. The molecule has 1 aliphatic rings. The van der Waals surface area contributed by atoms with Gasteiger partial charge in [0.2, 0.25) is 0 Å². The quantitative estimate of drug-likeness (QED) is 0.853. The van der Waals surface area contributed by atoms with E-state index < -0.39 is 0 Å². The van der Waals surface area contributed by atoms with Crippen LogP contribution in [-0.2, 0) is 6.54 Å². The Morgan fingerprint density at radius 2 is 2.25 bits per heavy atom. The van der Waals surface area contributed by atoms with Crippen LogP contribution in [0.3, 0.4) is 0 Å². The van der Waals surface area contributed by atoms with Crippen LogP contribution in [0.1, 0.15) is 18.1 Å². The van der Waals surface area contributed by atoms with Gasteiger partial charge in [0, 0.05) is 32.2 Å². The van der Waals surface area contributed by atoms with Crippen molar-refractivity contribution < 1.29 is 0 Å². The first-order chi connectivity index (χ1) is 7.24. The normalized spacial score (nSPS) is 21.5. The maximum absolute atomic E-state index is 3.47.